The van der Waals surface area contributed by atoms with E-state index in [4.69, 9.17) is 15.4 Å². The number of rotatable bonds is 5. The minimum atomic E-state index is -4.14. The van der Waals surface area contributed by atoms with Crippen LogP contribution in [0.3, 0.4) is 0 Å². The minimum Gasteiger partial charge on any atom is -0.488 e. The molecule has 0 aromatic heterocycles. The molecule has 0 atom stereocenters. The largest absolute Gasteiger partial charge is 0.488 e. The molecule has 0 spiro atoms. The van der Waals surface area contributed by atoms with Crippen LogP contribution in [0.2, 0.25) is 0 Å². The average molecular weight is 320 g/mol. The van der Waals surface area contributed by atoms with Gasteiger partial charge in [-0.1, -0.05) is 5.57 Å². The van der Waals surface area contributed by atoms with Gasteiger partial charge in [0.1, 0.15) is 17.3 Å². The maximum atomic E-state index is 11.5. The number of hydrogen-bond acceptors (Lipinski definition) is 5. The number of nitrogens with zero attached hydrogens (tertiary/aromatic N) is 1. The summed E-state index contributed by atoms with van der Waals surface area (Å²) in [6, 6.07) is 2.14. The van der Waals surface area contributed by atoms with Crippen molar-refractivity contribution in [2.45, 2.75) is 25.7 Å². The zero-order valence-corrected chi connectivity index (χ0v) is 12.8. The van der Waals surface area contributed by atoms with Gasteiger partial charge in [-0.3, -0.25) is 10.1 Å². The van der Waals surface area contributed by atoms with Gasteiger partial charge in [0, 0.05) is 22.8 Å². The number of nitro groups is 1. The Morgan fingerprint density at radius 3 is 2.50 bits per heavy atom. The Bertz CT molecular complexity index is 663. The maximum Gasteiger partial charge on any atom is 0.271 e. The summed E-state index contributed by atoms with van der Waals surface area (Å²) in [6.45, 7) is 5.41. The number of allylic oxidation sites excluding steroid dienone is 1. The van der Waals surface area contributed by atoms with Gasteiger partial charge in [-0.05, 0) is 32.4 Å². The van der Waals surface area contributed by atoms with Crippen LogP contribution in [-0.4, -0.2) is 19.9 Å². The van der Waals surface area contributed by atoms with Gasteiger partial charge in [-0.15, -0.1) is 0 Å². The van der Waals surface area contributed by atoms with E-state index in [2.05, 4.69) is 0 Å². The van der Waals surface area contributed by atoms with E-state index in [-0.39, 0.29) is 18.0 Å². The van der Waals surface area contributed by atoms with Gasteiger partial charge < -0.3 is 4.74 Å². The molecule has 110 valence electrons. The van der Waals surface area contributed by atoms with E-state index in [1.54, 1.807) is 6.08 Å². The van der Waals surface area contributed by atoms with Crippen LogP contribution < -0.4 is 4.74 Å². The smallest absolute Gasteiger partial charge is 0.271 e. The topological polar surface area (TPSA) is 86.5 Å². The van der Waals surface area contributed by atoms with E-state index in [0.29, 0.717) is 5.56 Å². The predicted molar refractivity (Wildman–Crippen MR) is 75.8 cm³/mol. The van der Waals surface area contributed by atoms with Crippen molar-refractivity contribution < 1.29 is 18.1 Å². The van der Waals surface area contributed by atoms with Crippen molar-refractivity contribution in [1.29, 1.82) is 0 Å². The molecule has 0 aliphatic rings. The molecule has 0 amide bonds. The Kier molecular flexibility index (Phi) is 5.13. The van der Waals surface area contributed by atoms with Crippen molar-refractivity contribution in [2.24, 2.45) is 0 Å². The van der Waals surface area contributed by atoms with Crippen LogP contribution in [0.1, 0.15) is 19.4 Å². The normalized spacial score (nSPS) is 11.0. The Hall–Kier alpha value is -1.60. The molecule has 0 saturated heterocycles. The number of halogens is 1. The summed E-state index contributed by atoms with van der Waals surface area (Å²) < 4.78 is 28.4. The van der Waals surface area contributed by atoms with Crippen LogP contribution in [0.4, 0.5) is 5.69 Å². The van der Waals surface area contributed by atoms with Gasteiger partial charge in [0.05, 0.1) is 4.92 Å². The molecule has 1 rings (SSSR count). The third kappa shape index (κ3) is 4.21. The number of aryl methyl sites for hydroxylation is 1. The standard InChI is InChI=1S/C12H14ClNO5S/c1-8(2)4-5-19-12-9(3)6-10(14(15)16)7-11(12)20(13,17)18/h4,6-7H,5H2,1-3H3. The fourth-order valence-corrected chi connectivity index (χ4v) is 2.53. The molecule has 0 saturated carbocycles. The lowest BCUT2D eigenvalue weighted by Gasteiger charge is -2.11. The van der Waals surface area contributed by atoms with Crippen molar-refractivity contribution in [3.8, 4) is 5.75 Å². The third-order valence-corrected chi connectivity index (χ3v) is 3.75. The minimum absolute atomic E-state index is 0.0306. The first-order valence-corrected chi connectivity index (χ1v) is 7.93. The van der Waals surface area contributed by atoms with Gasteiger partial charge in [0.25, 0.3) is 14.7 Å². The molecular formula is C12H14ClNO5S. The van der Waals surface area contributed by atoms with Crippen LogP contribution in [-0.2, 0) is 9.05 Å². The highest BCUT2D eigenvalue weighted by Crippen LogP contribution is 2.34. The number of ether oxygens (including phenoxy) is 1. The maximum absolute atomic E-state index is 11.5. The molecule has 0 radical (unpaired) electrons. The van der Waals surface area contributed by atoms with Crippen LogP contribution in [0.25, 0.3) is 0 Å². The van der Waals surface area contributed by atoms with Crippen molar-refractivity contribution in [2.75, 3.05) is 6.61 Å². The second-order valence-corrected chi connectivity index (χ2v) is 6.91. The summed E-state index contributed by atoms with van der Waals surface area (Å²) >= 11 is 0. The van der Waals surface area contributed by atoms with E-state index in [0.717, 1.165) is 11.6 Å². The third-order valence-electron chi connectivity index (χ3n) is 2.42. The second-order valence-electron chi connectivity index (χ2n) is 4.38. The van der Waals surface area contributed by atoms with Crippen LogP contribution >= 0.6 is 10.7 Å². The summed E-state index contributed by atoms with van der Waals surface area (Å²) in [5.41, 5.74) is 0.983. The van der Waals surface area contributed by atoms with Gasteiger partial charge in [0.2, 0.25) is 0 Å². The Balaban J connectivity index is 3.35. The summed E-state index contributed by atoms with van der Waals surface area (Å²) in [6.07, 6.45) is 1.76. The molecule has 0 unspecified atom stereocenters. The molecular weight excluding hydrogens is 306 g/mol. The monoisotopic (exact) mass is 319 g/mol. The highest BCUT2D eigenvalue weighted by atomic mass is 35.7. The van der Waals surface area contributed by atoms with Crippen molar-refractivity contribution in [3.63, 3.8) is 0 Å². The second kappa shape index (κ2) is 6.23. The molecule has 1 aromatic carbocycles. The molecule has 8 heteroatoms. The fraction of sp³-hybridized carbons (Fsp3) is 0.333. The summed E-state index contributed by atoms with van der Waals surface area (Å²) in [5, 5.41) is 10.8. The lowest BCUT2D eigenvalue weighted by Crippen LogP contribution is -2.04. The summed E-state index contributed by atoms with van der Waals surface area (Å²) in [5.74, 6) is 0.0306. The zero-order chi connectivity index (χ0) is 15.5. The van der Waals surface area contributed by atoms with Crippen LogP contribution in [0, 0.1) is 17.0 Å². The average Bonchev–Trinajstić information content (AvgIpc) is 2.28. The van der Waals surface area contributed by atoms with Gasteiger partial charge in [-0.2, -0.15) is 0 Å². The summed E-state index contributed by atoms with van der Waals surface area (Å²) in [7, 11) is 1.17. The van der Waals surface area contributed by atoms with E-state index in [1.165, 1.54) is 13.0 Å². The number of hydrogen-bond donors (Lipinski definition) is 0. The van der Waals surface area contributed by atoms with E-state index < -0.39 is 18.9 Å². The van der Waals surface area contributed by atoms with E-state index in [9.17, 15) is 18.5 Å². The highest BCUT2D eigenvalue weighted by Gasteiger charge is 2.23. The highest BCUT2D eigenvalue weighted by molar-refractivity contribution is 8.13. The number of non-ortho nitro benzene ring substituents is 1. The summed E-state index contributed by atoms with van der Waals surface area (Å²) in [4.78, 5) is 9.69. The number of benzene rings is 1. The lowest BCUT2D eigenvalue weighted by molar-refractivity contribution is -0.385. The Labute approximate surface area is 121 Å². The first-order chi connectivity index (χ1) is 9.12. The van der Waals surface area contributed by atoms with Crippen molar-refractivity contribution >= 4 is 25.4 Å². The van der Waals surface area contributed by atoms with Crippen molar-refractivity contribution in [3.05, 3.63) is 39.5 Å². The SMILES string of the molecule is CC(C)=CCOc1c(C)cc([N+](=O)[O-])cc1S(=O)(=O)Cl. The van der Waals surface area contributed by atoms with Gasteiger partial charge >= 0.3 is 0 Å². The van der Waals surface area contributed by atoms with Crippen LogP contribution in [0.5, 0.6) is 5.75 Å². The van der Waals surface area contributed by atoms with E-state index >= 15 is 0 Å². The molecule has 0 N–H and O–H groups in total. The Morgan fingerprint density at radius 1 is 1.45 bits per heavy atom. The predicted octanol–water partition coefficient (Wildman–Crippen LogP) is 3.18. The zero-order valence-electron chi connectivity index (χ0n) is 11.2. The first kappa shape index (κ1) is 16.5. The molecule has 0 heterocycles. The lowest BCUT2D eigenvalue weighted by atomic mass is 10.2. The molecule has 20 heavy (non-hydrogen) atoms. The molecule has 0 aliphatic heterocycles. The van der Waals surface area contributed by atoms with Gasteiger partial charge in [0.15, 0.2) is 0 Å². The van der Waals surface area contributed by atoms with E-state index in [1.807, 2.05) is 13.8 Å². The Morgan fingerprint density at radius 2 is 2.05 bits per heavy atom. The first-order valence-electron chi connectivity index (χ1n) is 5.62. The van der Waals surface area contributed by atoms with Crippen LogP contribution in [0.15, 0.2) is 28.7 Å². The number of nitro benzene ring substituents is 1. The van der Waals surface area contributed by atoms with Gasteiger partial charge in [-0.25, -0.2) is 8.42 Å². The fourth-order valence-electron chi connectivity index (χ4n) is 1.49. The molecule has 0 fully saturated rings. The molecule has 1 aromatic rings. The van der Waals surface area contributed by atoms with Crippen molar-refractivity contribution in [1.82, 2.24) is 0 Å². The quantitative estimate of drug-likeness (QED) is 0.360. The molecule has 0 aliphatic carbocycles. The molecule has 6 nitrogen and oxygen atoms in total. The molecule has 0 bridgehead atoms.